The molecule has 3 N–H and O–H groups in total. The molecule has 5 heteroatoms. The van der Waals surface area contributed by atoms with E-state index in [2.05, 4.69) is 46.3 Å². The summed E-state index contributed by atoms with van der Waals surface area (Å²) >= 11 is 0. The SMILES string of the molecule is CC(C)(C)c1cc(C=CC(N)=O)cc(C(C)(C)C)c1O.CCC(=O)OC. The van der Waals surface area contributed by atoms with Crippen molar-refractivity contribution in [3.8, 4) is 5.75 Å². The van der Waals surface area contributed by atoms with Crippen LogP contribution in [0.3, 0.4) is 0 Å². The molecular formula is C21H33NO4. The molecule has 1 aromatic rings. The van der Waals surface area contributed by atoms with Crippen molar-refractivity contribution in [3.63, 3.8) is 0 Å². The second-order valence-electron chi connectivity index (χ2n) is 8.13. The maximum absolute atomic E-state index is 10.9. The van der Waals surface area contributed by atoms with Crippen molar-refractivity contribution in [2.45, 2.75) is 65.7 Å². The first kappa shape index (κ1) is 23.7. The molecule has 5 nitrogen and oxygen atoms in total. The summed E-state index contributed by atoms with van der Waals surface area (Å²) in [5.41, 5.74) is 7.39. The Kier molecular flexibility index (Phi) is 8.58. The predicted molar refractivity (Wildman–Crippen MR) is 106 cm³/mol. The zero-order valence-electron chi connectivity index (χ0n) is 17.3. The van der Waals surface area contributed by atoms with Gasteiger partial charge in [0.15, 0.2) is 0 Å². The monoisotopic (exact) mass is 363 g/mol. The fourth-order valence-corrected chi connectivity index (χ4v) is 2.22. The third-order valence-electron chi connectivity index (χ3n) is 3.70. The third kappa shape index (κ3) is 7.72. The van der Waals surface area contributed by atoms with Gasteiger partial charge in [-0.3, -0.25) is 9.59 Å². The van der Waals surface area contributed by atoms with Gasteiger partial charge in [0.1, 0.15) is 5.75 Å². The largest absolute Gasteiger partial charge is 0.507 e. The number of nitrogens with two attached hydrogens (primary N) is 1. The van der Waals surface area contributed by atoms with E-state index >= 15 is 0 Å². The van der Waals surface area contributed by atoms with Gasteiger partial charge in [-0.2, -0.15) is 0 Å². The molecule has 0 aliphatic rings. The first-order chi connectivity index (χ1) is 11.7. The van der Waals surface area contributed by atoms with Gasteiger partial charge < -0.3 is 15.6 Å². The first-order valence-corrected chi connectivity index (χ1v) is 8.66. The van der Waals surface area contributed by atoms with Gasteiger partial charge in [0.05, 0.1) is 7.11 Å². The number of esters is 1. The van der Waals surface area contributed by atoms with Crippen LogP contribution in [0.5, 0.6) is 5.75 Å². The average Bonchev–Trinajstić information content (AvgIpc) is 2.51. The quantitative estimate of drug-likeness (QED) is 0.626. The number of rotatable bonds is 3. The summed E-state index contributed by atoms with van der Waals surface area (Å²) in [5.74, 6) is -0.302. The molecule has 0 radical (unpaired) electrons. The normalized spacial score (nSPS) is 11.7. The maximum atomic E-state index is 10.9. The molecule has 0 aromatic heterocycles. The van der Waals surface area contributed by atoms with E-state index in [9.17, 15) is 14.7 Å². The highest BCUT2D eigenvalue weighted by Crippen LogP contribution is 2.39. The summed E-state index contributed by atoms with van der Waals surface area (Å²) in [6, 6.07) is 3.81. The number of phenolic OH excluding ortho intramolecular Hbond substituents is 1. The van der Waals surface area contributed by atoms with Crippen molar-refractivity contribution in [3.05, 3.63) is 34.9 Å². The van der Waals surface area contributed by atoms with Gasteiger partial charge in [0.25, 0.3) is 0 Å². The number of benzene rings is 1. The Labute approximate surface area is 157 Å². The smallest absolute Gasteiger partial charge is 0.305 e. The molecule has 1 aromatic carbocycles. The lowest BCUT2D eigenvalue weighted by atomic mass is 9.78. The van der Waals surface area contributed by atoms with Gasteiger partial charge in [0, 0.05) is 23.6 Å². The van der Waals surface area contributed by atoms with Crippen LogP contribution in [0.15, 0.2) is 18.2 Å². The first-order valence-electron chi connectivity index (χ1n) is 8.66. The minimum Gasteiger partial charge on any atom is -0.507 e. The van der Waals surface area contributed by atoms with Crippen molar-refractivity contribution in [2.24, 2.45) is 5.73 Å². The van der Waals surface area contributed by atoms with Gasteiger partial charge in [-0.25, -0.2) is 0 Å². The summed E-state index contributed by atoms with van der Waals surface area (Å²) in [5, 5.41) is 10.5. The zero-order chi connectivity index (χ0) is 20.7. The van der Waals surface area contributed by atoms with E-state index in [1.807, 2.05) is 12.1 Å². The standard InChI is InChI=1S/C17H25NO2.C4H8O2/c1-16(2,3)12-9-11(7-8-14(18)19)10-13(15(12)20)17(4,5)6;1-3-4(5)6-2/h7-10,20H,1-6H3,(H2,18,19);3H2,1-2H3. The number of aromatic hydroxyl groups is 1. The fourth-order valence-electron chi connectivity index (χ4n) is 2.22. The van der Waals surface area contributed by atoms with Crippen LogP contribution in [0.2, 0.25) is 0 Å². The van der Waals surface area contributed by atoms with Crippen LogP contribution in [-0.2, 0) is 25.2 Å². The van der Waals surface area contributed by atoms with E-state index in [0.717, 1.165) is 16.7 Å². The Morgan fingerprint density at radius 3 is 1.73 bits per heavy atom. The summed E-state index contributed by atoms with van der Waals surface area (Å²) in [7, 11) is 1.38. The van der Waals surface area contributed by atoms with Crippen LogP contribution < -0.4 is 5.73 Å². The molecule has 1 amide bonds. The number of hydrogen-bond donors (Lipinski definition) is 2. The number of amides is 1. The van der Waals surface area contributed by atoms with E-state index in [1.165, 1.54) is 13.2 Å². The molecule has 0 saturated heterocycles. The topological polar surface area (TPSA) is 89.6 Å². The van der Waals surface area contributed by atoms with Crippen LogP contribution >= 0.6 is 0 Å². The molecule has 0 aliphatic carbocycles. The van der Waals surface area contributed by atoms with E-state index in [-0.39, 0.29) is 16.8 Å². The molecule has 1 rings (SSSR count). The average molecular weight is 363 g/mol. The Balaban J connectivity index is 0.000000896. The summed E-state index contributed by atoms with van der Waals surface area (Å²) in [6.45, 7) is 14.1. The van der Waals surface area contributed by atoms with Gasteiger partial charge in [-0.1, -0.05) is 48.5 Å². The van der Waals surface area contributed by atoms with E-state index in [4.69, 9.17) is 5.73 Å². The number of hydrogen-bond acceptors (Lipinski definition) is 4. The summed E-state index contributed by atoms with van der Waals surface area (Å²) in [6.07, 6.45) is 3.49. The van der Waals surface area contributed by atoms with Crippen LogP contribution in [0.1, 0.15) is 71.6 Å². The van der Waals surface area contributed by atoms with E-state index in [0.29, 0.717) is 12.2 Å². The number of carbonyl (C=O) groups is 2. The molecule has 0 saturated carbocycles. The number of ether oxygens (including phenoxy) is 1. The van der Waals surface area contributed by atoms with Gasteiger partial charge in [-0.05, 0) is 34.6 Å². The van der Waals surface area contributed by atoms with Gasteiger partial charge in [0.2, 0.25) is 5.91 Å². The van der Waals surface area contributed by atoms with E-state index < -0.39 is 5.91 Å². The molecule has 0 bridgehead atoms. The second-order valence-corrected chi connectivity index (χ2v) is 8.13. The molecule has 146 valence electrons. The van der Waals surface area contributed by atoms with Crippen LogP contribution in [0.25, 0.3) is 6.08 Å². The van der Waals surface area contributed by atoms with Crippen molar-refractivity contribution >= 4 is 18.0 Å². The highest BCUT2D eigenvalue weighted by Gasteiger charge is 2.26. The third-order valence-corrected chi connectivity index (χ3v) is 3.70. The molecule has 26 heavy (non-hydrogen) atoms. The minimum absolute atomic E-state index is 0.157. The molecule has 0 unspecified atom stereocenters. The lowest BCUT2D eigenvalue weighted by molar-refractivity contribution is -0.140. The lowest BCUT2D eigenvalue weighted by Crippen LogP contribution is -2.17. The number of primary amides is 1. The molecule has 0 fully saturated rings. The number of carbonyl (C=O) groups excluding carboxylic acids is 2. The van der Waals surface area contributed by atoms with Gasteiger partial charge in [-0.15, -0.1) is 0 Å². The second kappa shape index (κ2) is 9.41. The van der Waals surface area contributed by atoms with Gasteiger partial charge >= 0.3 is 5.97 Å². The Hall–Kier alpha value is -2.30. The summed E-state index contributed by atoms with van der Waals surface area (Å²) in [4.78, 5) is 20.8. The number of phenols is 1. The highest BCUT2D eigenvalue weighted by molar-refractivity contribution is 5.90. The molecule has 0 aliphatic heterocycles. The molecule has 0 atom stereocenters. The van der Waals surface area contributed by atoms with Crippen LogP contribution in [0, 0.1) is 0 Å². The highest BCUT2D eigenvalue weighted by atomic mass is 16.5. The zero-order valence-corrected chi connectivity index (χ0v) is 17.3. The predicted octanol–water partition coefficient (Wildman–Crippen LogP) is 4.06. The minimum atomic E-state index is -0.479. The summed E-state index contributed by atoms with van der Waals surface area (Å²) < 4.78 is 4.26. The van der Waals surface area contributed by atoms with E-state index in [1.54, 1.807) is 13.0 Å². The van der Waals surface area contributed by atoms with Crippen molar-refractivity contribution < 1.29 is 19.4 Å². The Bertz CT molecular complexity index is 621. The lowest BCUT2D eigenvalue weighted by Gasteiger charge is -2.27. The molecular weight excluding hydrogens is 330 g/mol. The maximum Gasteiger partial charge on any atom is 0.305 e. The fraction of sp³-hybridized carbons (Fsp3) is 0.524. The van der Waals surface area contributed by atoms with Crippen molar-refractivity contribution in [1.82, 2.24) is 0 Å². The van der Waals surface area contributed by atoms with Crippen molar-refractivity contribution in [1.29, 1.82) is 0 Å². The molecule has 0 spiro atoms. The number of methoxy groups -OCH3 is 1. The Morgan fingerprint density at radius 2 is 1.50 bits per heavy atom. The molecule has 0 heterocycles. The Morgan fingerprint density at radius 1 is 1.08 bits per heavy atom. The van der Waals surface area contributed by atoms with Crippen molar-refractivity contribution in [2.75, 3.05) is 7.11 Å². The van der Waals surface area contributed by atoms with Crippen LogP contribution in [-0.4, -0.2) is 24.1 Å². The van der Waals surface area contributed by atoms with Crippen LogP contribution in [0.4, 0.5) is 0 Å².